The minimum Gasteiger partial charge on any atom is -0.493 e. The highest BCUT2D eigenvalue weighted by molar-refractivity contribution is 6.11. The Morgan fingerprint density at radius 1 is 1.11 bits per heavy atom. The molecule has 0 saturated carbocycles. The van der Waals surface area contributed by atoms with E-state index < -0.39 is 12.0 Å². The quantitative estimate of drug-likeness (QED) is 0.866. The molecule has 142 valence electrons. The second kappa shape index (κ2) is 6.82. The zero-order valence-electron chi connectivity index (χ0n) is 15.7. The largest absolute Gasteiger partial charge is 0.493 e. The van der Waals surface area contributed by atoms with Gasteiger partial charge in [0.2, 0.25) is 5.75 Å². The van der Waals surface area contributed by atoms with Gasteiger partial charge in [-0.05, 0) is 29.3 Å². The van der Waals surface area contributed by atoms with E-state index in [2.05, 4.69) is 11.1 Å². The molecule has 7 heteroatoms. The zero-order valence-corrected chi connectivity index (χ0v) is 15.7. The molecule has 2 unspecified atom stereocenters. The molecule has 7 nitrogen and oxygen atoms in total. The molecule has 1 aromatic rings. The molecule has 2 atom stereocenters. The molecule has 0 amide bonds. The van der Waals surface area contributed by atoms with Gasteiger partial charge < -0.3 is 24.7 Å². The van der Waals surface area contributed by atoms with E-state index in [9.17, 15) is 5.26 Å². The maximum atomic E-state index is 9.78. The van der Waals surface area contributed by atoms with Crippen LogP contribution in [0.15, 0.2) is 64.2 Å². The summed E-state index contributed by atoms with van der Waals surface area (Å²) in [6, 6.07) is 5.85. The summed E-state index contributed by atoms with van der Waals surface area (Å²) in [5, 5.41) is 9.78. The van der Waals surface area contributed by atoms with Crippen LogP contribution in [0.25, 0.3) is 0 Å². The third-order valence-electron chi connectivity index (χ3n) is 5.04. The van der Waals surface area contributed by atoms with Crippen LogP contribution >= 0.6 is 0 Å². The molecule has 2 N–H and O–H groups in total. The molecule has 0 aromatic heterocycles. The number of nitrogens with zero attached hydrogens (tertiary/aromatic N) is 2. The fourth-order valence-electron chi connectivity index (χ4n) is 3.77. The van der Waals surface area contributed by atoms with Gasteiger partial charge in [0.1, 0.15) is 11.6 Å². The SMILES string of the molecule is COc1cc(C2C3=CC=C4C=CN=C4C3OC(N)=C2C#N)cc(OC)c1OC. The summed E-state index contributed by atoms with van der Waals surface area (Å²) in [6.07, 6.45) is 7.14. The van der Waals surface area contributed by atoms with Crippen molar-refractivity contribution in [2.45, 2.75) is 12.0 Å². The van der Waals surface area contributed by atoms with Crippen molar-refractivity contribution in [2.24, 2.45) is 10.7 Å². The Hall–Kier alpha value is -3.66. The van der Waals surface area contributed by atoms with Crippen molar-refractivity contribution in [2.75, 3.05) is 21.3 Å². The van der Waals surface area contributed by atoms with Crippen molar-refractivity contribution in [1.29, 1.82) is 5.26 Å². The van der Waals surface area contributed by atoms with E-state index in [1.165, 1.54) is 0 Å². The average Bonchev–Trinajstić information content (AvgIpc) is 3.21. The van der Waals surface area contributed by atoms with Gasteiger partial charge in [-0.2, -0.15) is 5.26 Å². The van der Waals surface area contributed by atoms with Crippen LogP contribution in [0.1, 0.15) is 11.5 Å². The third-order valence-corrected chi connectivity index (χ3v) is 5.04. The maximum absolute atomic E-state index is 9.78. The van der Waals surface area contributed by atoms with Gasteiger partial charge in [-0.3, -0.25) is 4.99 Å². The lowest BCUT2D eigenvalue weighted by molar-refractivity contribution is 0.173. The number of fused-ring (bicyclic) bond motifs is 3. The average molecular weight is 377 g/mol. The first-order valence-electron chi connectivity index (χ1n) is 8.65. The summed E-state index contributed by atoms with van der Waals surface area (Å²) >= 11 is 0. The van der Waals surface area contributed by atoms with Gasteiger partial charge in [0.25, 0.3) is 0 Å². The van der Waals surface area contributed by atoms with E-state index in [0.29, 0.717) is 22.8 Å². The molecule has 0 bridgehead atoms. The number of benzene rings is 1. The molecule has 0 radical (unpaired) electrons. The van der Waals surface area contributed by atoms with Gasteiger partial charge in [-0.1, -0.05) is 12.2 Å². The summed E-state index contributed by atoms with van der Waals surface area (Å²) in [7, 11) is 4.65. The zero-order chi connectivity index (χ0) is 19.8. The van der Waals surface area contributed by atoms with E-state index in [0.717, 1.165) is 22.4 Å². The summed E-state index contributed by atoms with van der Waals surface area (Å²) in [4.78, 5) is 4.42. The van der Waals surface area contributed by atoms with Crippen molar-refractivity contribution < 1.29 is 18.9 Å². The second-order valence-corrected chi connectivity index (χ2v) is 6.40. The molecular weight excluding hydrogens is 358 g/mol. The van der Waals surface area contributed by atoms with Crippen molar-refractivity contribution in [1.82, 2.24) is 0 Å². The molecule has 0 saturated heterocycles. The highest BCUT2D eigenvalue weighted by Gasteiger charge is 2.41. The fraction of sp³-hybridized carbons (Fsp3) is 0.238. The van der Waals surface area contributed by atoms with Crippen molar-refractivity contribution in [3.63, 3.8) is 0 Å². The molecule has 3 aliphatic rings. The Labute approximate surface area is 162 Å². The Morgan fingerprint density at radius 2 is 1.82 bits per heavy atom. The van der Waals surface area contributed by atoms with Crippen LogP contribution in [0, 0.1) is 11.3 Å². The minimum absolute atomic E-state index is 0.0965. The van der Waals surface area contributed by atoms with Crippen LogP contribution in [0.4, 0.5) is 0 Å². The van der Waals surface area contributed by atoms with Gasteiger partial charge >= 0.3 is 0 Å². The lowest BCUT2D eigenvalue weighted by atomic mass is 9.77. The lowest BCUT2D eigenvalue weighted by Crippen LogP contribution is -2.37. The van der Waals surface area contributed by atoms with E-state index >= 15 is 0 Å². The molecule has 0 spiro atoms. The van der Waals surface area contributed by atoms with E-state index in [1.54, 1.807) is 27.5 Å². The molecular formula is C21H19N3O4. The van der Waals surface area contributed by atoms with Gasteiger partial charge in [0.05, 0.1) is 27.0 Å². The van der Waals surface area contributed by atoms with Crippen molar-refractivity contribution >= 4 is 5.71 Å². The predicted octanol–water partition coefficient (Wildman–Crippen LogP) is 2.72. The van der Waals surface area contributed by atoms with Crippen molar-refractivity contribution in [3.8, 4) is 23.3 Å². The van der Waals surface area contributed by atoms with E-state index in [-0.39, 0.29) is 5.88 Å². The Bertz CT molecular complexity index is 1020. The Morgan fingerprint density at radius 3 is 2.43 bits per heavy atom. The van der Waals surface area contributed by atoms with Crippen LogP contribution in [-0.2, 0) is 4.74 Å². The van der Waals surface area contributed by atoms with E-state index in [4.69, 9.17) is 24.7 Å². The van der Waals surface area contributed by atoms with Crippen LogP contribution in [0.2, 0.25) is 0 Å². The Balaban J connectivity index is 1.92. The summed E-state index contributed by atoms with van der Waals surface area (Å²) in [5.41, 5.74) is 9.90. The van der Waals surface area contributed by atoms with Gasteiger partial charge in [0, 0.05) is 17.7 Å². The number of hydrogen-bond donors (Lipinski definition) is 1. The normalized spacial score (nSPS) is 22.1. The Kier molecular flexibility index (Phi) is 4.32. The first-order valence-corrected chi connectivity index (χ1v) is 8.65. The molecule has 1 aliphatic carbocycles. The van der Waals surface area contributed by atoms with Crippen molar-refractivity contribution in [3.05, 3.63) is 64.7 Å². The number of hydrogen-bond acceptors (Lipinski definition) is 7. The molecule has 2 aliphatic heterocycles. The highest BCUT2D eigenvalue weighted by atomic mass is 16.5. The van der Waals surface area contributed by atoms with Crippen LogP contribution in [-0.4, -0.2) is 33.1 Å². The van der Waals surface area contributed by atoms with Crippen LogP contribution in [0.5, 0.6) is 17.2 Å². The smallest absolute Gasteiger partial charge is 0.203 e. The molecule has 1 aromatic carbocycles. The summed E-state index contributed by atoms with van der Waals surface area (Å²) in [5.74, 6) is 1.17. The van der Waals surface area contributed by atoms with E-state index in [1.807, 2.05) is 30.4 Å². The maximum Gasteiger partial charge on any atom is 0.203 e. The molecule has 28 heavy (non-hydrogen) atoms. The molecule has 0 fully saturated rings. The predicted molar refractivity (Wildman–Crippen MR) is 103 cm³/mol. The number of methoxy groups -OCH3 is 3. The number of nitrogens with two attached hydrogens (primary N) is 1. The first-order chi connectivity index (χ1) is 13.6. The lowest BCUT2D eigenvalue weighted by Gasteiger charge is -2.35. The van der Waals surface area contributed by atoms with Gasteiger partial charge in [-0.25, -0.2) is 0 Å². The number of ether oxygens (including phenoxy) is 4. The summed E-state index contributed by atoms with van der Waals surface area (Å²) < 4.78 is 22.3. The summed E-state index contributed by atoms with van der Waals surface area (Å²) in [6.45, 7) is 0. The number of rotatable bonds is 4. The number of allylic oxidation sites excluding steroid dienone is 4. The number of nitriles is 1. The first kappa shape index (κ1) is 17.7. The standard InChI is InChI=1S/C21H19N3O4/c1-25-15-8-12(9-16(26-2)20(15)27-3)17-13-5-4-11-6-7-24-18(11)19(13)28-21(23)14(17)10-22/h4-9,17,19H,23H2,1-3H3. The fourth-order valence-corrected chi connectivity index (χ4v) is 3.77. The van der Waals surface area contributed by atoms with Crippen LogP contribution < -0.4 is 19.9 Å². The monoisotopic (exact) mass is 377 g/mol. The van der Waals surface area contributed by atoms with Crippen LogP contribution in [0.3, 0.4) is 0 Å². The second-order valence-electron chi connectivity index (χ2n) is 6.40. The van der Waals surface area contributed by atoms with Gasteiger partial charge in [0.15, 0.2) is 23.5 Å². The third kappa shape index (κ3) is 2.54. The molecule has 2 heterocycles. The number of aliphatic imine (C=N–C) groups is 1. The topological polar surface area (TPSA) is 99.1 Å². The minimum atomic E-state index is -0.448. The van der Waals surface area contributed by atoms with Gasteiger partial charge in [-0.15, -0.1) is 0 Å². The molecule has 4 rings (SSSR count). The highest BCUT2D eigenvalue weighted by Crippen LogP contribution is 2.47.